The minimum absolute atomic E-state index is 0.291. The number of anilines is 1. The molecule has 2 atom stereocenters. The highest BCUT2D eigenvalue weighted by atomic mass is 16.3. The van der Waals surface area contributed by atoms with E-state index in [1.165, 1.54) is 5.69 Å². The quantitative estimate of drug-likeness (QED) is 0.852. The fraction of sp³-hybridized carbons (Fsp3) is 0.667. The maximum absolute atomic E-state index is 9.29. The summed E-state index contributed by atoms with van der Waals surface area (Å²) in [5.74, 6) is 0.411. The van der Waals surface area contributed by atoms with Crippen molar-refractivity contribution in [3.63, 3.8) is 0 Å². The molecule has 19 heavy (non-hydrogen) atoms. The molecule has 106 valence electrons. The van der Waals surface area contributed by atoms with Crippen LogP contribution in [0.5, 0.6) is 0 Å². The summed E-state index contributed by atoms with van der Waals surface area (Å²) in [6.07, 6.45) is 5.30. The lowest BCUT2D eigenvalue weighted by atomic mass is 9.98. The molecule has 2 unspecified atom stereocenters. The molecule has 1 aliphatic heterocycles. The molecule has 4 heteroatoms. The summed E-state index contributed by atoms with van der Waals surface area (Å²) in [5, 5.41) is 12.6. The zero-order valence-electron chi connectivity index (χ0n) is 12.0. The highest BCUT2D eigenvalue weighted by Gasteiger charge is 2.19. The Balaban J connectivity index is 2.05. The molecule has 1 aromatic rings. The second kappa shape index (κ2) is 6.87. The van der Waals surface area contributed by atoms with Crippen molar-refractivity contribution in [2.24, 2.45) is 5.92 Å². The molecule has 1 saturated heterocycles. The summed E-state index contributed by atoms with van der Waals surface area (Å²) < 4.78 is 0. The van der Waals surface area contributed by atoms with Gasteiger partial charge in [-0.3, -0.25) is 4.98 Å². The number of aromatic nitrogens is 1. The van der Waals surface area contributed by atoms with Crippen LogP contribution in [0.25, 0.3) is 0 Å². The molecule has 0 saturated carbocycles. The molecule has 0 aromatic carbocycles. The molecule has 1 aliphatic rings. The highest BCUT2D eigenvalue weighted by Crippen LogP contribution is 2.23. The lowest BCUT2D eigenvalue weighted by molar-refractivity contribution is 0.208. The van der Waals surface area contributed by atoms with E-state index in [4.69, 9.17) is 0 Å². The number of piperidine rings is 1. The Kier molecular flexibility index (Phi) is 5.16. The molecule has 2 rings (SSSR count). The first-order valence-electron chi connectivity index (χ1n) is 7.27. The van der Waals surface area contributed by atoms with Crippen LogP contribution in [0.15, 0.2) is 18.3 Å². The van der Waals surface area contributed by atoms with Gasteiger partial charge in [-0.15, -0.1) is 0 Å². The summed E-state index contributed by atoms with van der Waals surface area (Å²) in [6.45, 7) is 4.47. The number of nitrogens with one attached hydrogen (secondary N) is 1. The van der Waals surface area contributed by atoms with Crippen molar-refractivity contribution in [3.05, 3.63) is 24.0 Å². The number of hydrogen-bond donors (Lipinski definition) is 2. The van der Waals surface area contributed by atoms with Crippen molar-refractivity contribution in [1.82, 2.24) is 10.3 Å². The van der Waals surface area contributed by atoms with Crippen molar-refractivity contribution in [2.45, 2.75) is 32.2 Å². The number of aliphatic hydroxyl groups is 1. The van der Waals surface area contributed by atoms with Gasteiger partial charge in [-0.25, -0.2) is 0 Å². The average Bonchev–Trinajstić information content (AvgIpc) is 2.49. The van der Waals surface area contributed by atoms with Crippen LogP contribution in [0.1, 0.15) is 37.9 Å². The first-order valence-corrected chi connectivity index (χ1v) is 7.27. The van der Waals surface area contributed by atoms with E-state index in [1.807, 2.05) is 13.2 Å². The average molecular weight is 263 g/mol. The van der Waals surface area contributed by atoms with Gasteiger partial charge in [-0.2, -0.15) is 0 Å². The van der Waals surface area contributed by atoms with Crippen LogP contribution >= 0.6 is 0 Å². The normalized spacial score (nSPS) is 21.4. The van der Waals surface area contributed by atoms with Gasteiger partial charge in [-0.05, 0) is 44.4 Å². The zero-order valence-corrected chi connectivity index (χ0v) is 12.0. The molecule has 0 bridgehead atoms. The van der Waals surface area contributed by atoms with E-state index in [0.717, 1.165) is 38.0 Å². The second-order valence-corrected chi connectivity index (χ2v) is 5.33. The smallest absolute Gasteiger partial charge is 0.0574 e. The van der Waals surface area contributed by atoms with Gasteiger partial charge >= 0.3 is 0 Å². The van der Waals surface area contributed by atoms with E-state index in [0.29, 0.717) is 18.6 Å². The Morgan fingerprint density at radius 1 is 1.53 bits per heavy atom. The molecule has 1 aromatic heterocycles. The molecule has 0 spiro atoms. The van der Waals surface area contributed by atoms with Gasteiger partial charge in [0.2, 0.25) is 0 Å². The second-order valence-electron chi connectivity index (χ2n) is 5.33. The van der Waals surface area contributed by atoms with Crippen LogP contribution in [0.3, 0.4) is 0 Å². The first-order chi connectivity index (χ1) is 9.28. The summed E-state index contributed by atoms with van der Waals surface area (Å²) in [7, 11) is 1.97. The lowest BCUT2D eigenvalue weighted by Crippen LogP contribution is -2.36. The van der Waals surface area contributed by atoms with E-state index in [9.17, 15) is 5.11 Å². The van der Waals surface area contributed by atoms with Crippen LogP contribution in [0, 0.1) is 5.92 Å². The van der Waals surface area contributed by atoms with Gasteiger partial charge in [0, 0.05) is 25.7 Å². The van der Waals surface area contributed by atoms with Crippen LogP contribution in [0.4, 0.5) is 5.69 Å². The van der Waals surface area contributed by atoms with Crippen molar-refractivity contribution in [1.29, 1.82) is 0 Å². The number of hydrogen-bond acceptors (Lipinski definition) is 4. The first kappa shape index (κ1) is 14.3. The van der Waals surface area contributed by atoms with Gasteiger partial charge < -0.3 is 15.3 Å². The van der Waals surface area contributed by atoms with Crippen LogP contribution in [-0.2, 0) is 0 Å². The third-order valence-electron chi connectivity index (χ3n) is 4.03. The zero-order chi connectivity index (χ0) is 13.7. The molecule has 2 N–H and O–H groups in total. The van der Waals surface area contributed by atoms with E-state index in [-0.39, 0.29) is 0 Å². The van der Waals surface area contributed by atoms with Crippen LogP contribution < -0.4 is 10.2 Å². The number of rotatable bonds is 5. The fourth-order valence-corrected chi connectivity index (χ4v) is 2.80. The number of aliphatic hydroxyl groups excluding tert-OH is 1. The Labute approximate surface area is 115 Å². The van der Waals surface area contributed by atoms with Crippen LogP contribution in [-0.4, -0.2) is 36.8 Å². The third-order valence-corrected chi connectivity index (χ3v) is 4.03. The van der Waals surface area contributed by atoms with Gasteiger partial charge in [0.1, 0.15) is 0 Å². The number of nitrogens with zero attached hydrogens (tertiary/aromatic N) is 2. The lowest BCUT2D eigenvalue weighted by Gasteiger charge is -2.33. The monoisotopic (exact) mass is 263 g/mol. The van der Waals surface area contributed by atoms with Gasteiger partial charge in [-0.1, -0.05) is 6.92 Å². The topological polar surface area (TPSA) is 48.4 Å². The van der Waals surface area contributed by atoms with Crippen molar-refractivity contribution in [3.8, 4) is 0 Å². The third kappa shape index (κ3) is 3.45. The maximum atomic E-state index is 9.29. The van der Waals surface area contributed by atoms with E-state index < -0.39 is 0 Å². The van der Waals surface area contributed by atoms with E-state index in [2.05, 4.69) is 34.3 Å². The standard InChI is InChI=1S/C15H25N3O/c1-3-14(16-2)15-7-6-13(9-17-15)18-8-4-5-12(10-18)11-19/h6-7,9,12,14,16,19H,3-5,8,10-11H2,1-2H3. The highest BCUT2D eigenvalue weighted by molar-refractivity contribution is 5.45. The number of pyridine rings is 1. The summed E-state index contributed by atoms with van der Waals surface area (Å²) >= 11 is 0. The van der Waals surface area contributed by atoms with E-state index >= 15 is 0 Å². The molecule has 0 aliphatic carbocycles. The molecule has 4 nitrogen and oxygen atoms in total. The minimum Gasteiger partial charge on any atom is -0.396 e. The molecular weight excluding hydrogens is 238 g/mol. The minimum atomic E-state index is 0.291. The Hall–Kier alpha value is -1.13. The molecular formula is C15H25N3O. The van der Waals surface area contributed by atoms with Gasteiger partial charge in [0.25, 0.3) is 0 Å². The molecule has 2 heterocycles. The van der Waals surface area contributed by atoms with Gasteiger partial charge in [0.15, 0.2) is 0 Å². The van der Waals surface area contributed by atoms with Crippen LogP contribution in [0.2, 0.25) is 0 Å². The Morgan fingerprint density at radius 2 is 2.37 bits per heavy atom. The largest absolute Gasteiger partial charge is 0.396 e. The molecule has 0 radical (unpaired) electrons. The SMILES string of the molecule is CCC(NC)c1ccc(N2CCCC(CO)C2)cn1. The van der Waals surface area contributed by atoms with Crippen molar-refractivity contribution >= 4 is 5.69 Å². The summed E-state index contributed by atoms with van der Waals surface area (Å²) in [5.41, 5.74) is 2.28. The van der Waals surface area contributed by atoms with Crippen molar-refractivity contribution in [2.75, 3.05) is 31.6 Å². The Bertz CT molecular complexity index is 375. The Morgan fingerprint density at radius 3 is 2.95 bits per heavy atom. The fourth-order valence-electron chi connectivity index (χ4n) is 2.80. The summed E-state index contributed by atoms with van der Waals surface area (Å²) in [6, 6.07) is 4.60. The van der Waals surface area contributed by atoms with Crippen molar-refractivity contribution < 1.29 is 5.11 Å². The predicted molar refractivity (Wildman–Crippen MR) is 78.4 cm³/mol. The predicted octanol–water partition coefficient (Wildman–Crippen LogP) is 1.96. The maximum Gasteiger partial charge on any atom is 0.0574 e. The van der Waals surface area contributed by atoms with Gasteiger partial charge in [0.05, 0.1) is 17.6 Å². The molecule has 1 fully saturated rings. The van der Waals surface area contributed by atoms with E-state index in [1.54, 1.807) is 0 Å². The summed E-state index contributed by atoms with van der Waals surface area (Å²) in [4.78, 5) is 6.91. The molecule has 0 amide bonds.